The lowest BCUT2D eigenvalue weighted by molar-refractivity contribution is 0.520. The second kappa shape index (κ2) is 6.86. The molecule has 20 heavy (non-hydrogen) atoms. The quantitative estimate of drug-likeness (QED) is 0.910. The lowest BCUT2D eigenvalue weighted by atomic mass is 10.0. The SMILES string of the molecule is CCCNc1nc(N2CCCC(C)CC2)c(F)cc1F. The maximum Gasteiger partial charge on any atom is 0.168 e. The predicted molar refractivity (Wildman–Crippen MR) is 78.2 cm³/mol. The van der Waals surface area contributed by atoms with E-state index in [1.807, 2.05) is 11.8 Å². The van der Waals surface area contributed by atoms with Gasteiger partial charge in [0.15, 0.2) is 23.3 Å². The van der Waals surface area contributed by atoms with E-state index in [2.05, 4.69) is 17.2 Å². The molecule has 1 saturated heterocycles. The van der Waals surface area contributed by atoms with Crippen LogP contribution in [-0.4, -0.2) is 24.6 Å². The third-order valence-corrected chi connectivity index (χ3v) is 3.77. The number of nitrogens with zero attached hydrogens (tertiary/aromatic N) is 2. The third kappa shape index (κ3) is 3.58. The highest BCUT2D eigenvalue weighted by Crippen LogP contribution is 2.26. The van der Waals surface area contributed by atoms with Crippen molar-refractivity contribution in [2.75, 3.05) is 29.9 Å². The molecule has 112 valence electrons. The first kappa shape index (κ1) is 15.0. The minimum Gasteiger partial charge on any atom is -0.368 e. The van der Waals surface area contributed by atoms with E-state index in [1.165, 1.54) is 0 Å². The van der Waals surface area contributed by atoms with Gasteiger partial charge < -0.3 is 10.2 Å². The van der Waals surface area contributed by atoms with Crippen molar-refractivity contribution in [3.05, 3.63) is 17.7 Å². The average molecular weight is 283 g/mol. The Morgan fingerprint density at radius 2 is 2.10 bits per heavy atom. The van der Waals surface area contributed by atoms with E-state index < -0.39 is 11.6 Å². The highest BCUT2D eigenvalue weighted by Gasteiger charge is 2.20. The summed E-state index contributed by atoms with van der Waals surface area (Å²) in [6.07, 6.45) is 4.07. The lowest BCUT2D eigenvalue weighted by Gasteiger charge is -2.23. The summed E-state index contributed by atoms with van der Waals surface area (Å²) in [6.45, 7) is 6.40. The second-order valence-corrected chi connectivity index (χ2v) is 5.57. The number of nitrogens with one attached hydrogen (secondary N) is 1. The standard InChI is InChI=1S/C15H23F2N3/c1-3-7-18-14-12(16)10-13(17)15(19-14)20-8-4-5-11(2)6-9-20/h10-11H,3-9H2,1-2H3,(H,18,19). The molecule has 2 heterocycles. The van der Waals surface area contributed by atoms with Gasteiger partial charge in [-0.25, -0.2) is 13.8 Å². The van der Waals surface area contributed by atoms with Gasteiger partial charge in [-0.3, -0.25) is 0 Å². The maximum atomic E-state index is 14.0. The first-order chi connectivity index (χ1) is 9.61. The minimum atomic E-state index is -0.622. The normalized spacial score (nSPS) is 19.8. The molecule has 3 nitrogen and oxygen atoms in total. The van der Waals surface area contributed by atoms with E-state index in [-0.39, 0.29) is 11.6 Å². The van der Waals surface area contributed by atoms with Crippen LogP contribution in [-0.2, 0) is 0 Å². The Bertz CT molecular complexity index is 451. The smallest absolute Gasteiger partial charge is 0.168 e. The van der Waals surface area contributed by atoms with E-state index in [9.17, 15) is 8.78 Å². The number of aromatic nitrogens is 1. The van der Waals surface area contributed by atoms with E-state index in [0.29, 0.717) is 12.5 Å². The zero-order valence-electron chi connectivity index (χ0n) is 12.3. The Morgan fingerprint density at radius 1 is 1.30 bits per heavy atom. The summed E-state index contributed by atoms with van der Waals surface area (Å²) >= 11 is 0. The van der Waals surface area contributed by atoms with E-state index >= 15 is 0 Å². The van der Waals surface area contributed by atoms with Crippen LogP contribution in [0.4, 0.5) is 20.4 Å². The molecule has 0 saturated carbocycles. The second-order valence-electron chi connectivity index (χ2n) is 5.57. The van der Waals surface area contributed by atoms with E-state index in [0.717, 1.165) is 44.8 Å². The maximum absolute atomic E-state index is 14.0. The van der Waals surface area contributed by atoms with Crippen LogP contribution >= 0.6 is 0 Å². The van der Waals surface area contributed by atoms with Gasteiger partial charge >= 0.3 is 0 Å². The number of halogens is 2. The number of anilines is 2. The molecule has 1 aromatic heterocycles. The van der Waals surface area contributed by atoms with Crippen molar-refractivity contribution >= 4 is 11.6 Å². The summed E-state index contributed by atoms with van der Waals surface area (Å²) in [5.41, 5.74) is 0. The Labute approximate surface area is 119 Å². The molecule has 0 amide bonds. The first-order valence-electron chi connectivity index (χ1n) is 7.46. The molecule has 1 fully saturated rings. The van der Waals surface area contributed by atoms with Gasteiger partial charge in [-0.05, 0) is 31.6 Å². The van der Waals surface area contributed by atoms with Crippen LogP contribution in [0.2, 0.25) is 0 Å². The molecule has 1 atom stereocenters. The van der Waals surface area contributed by atoms with E-state index in [4.69, 9.17) is 0 Å². The van der Waals surface area contributed by atoms with Crippen LogP contribution < -0.4 is 10.2 Å². The molecule has 1 aromatic rings. The van der Waals surface area contributed by atoms with Crippen molar-refractivity contribution in [1.29, 1.82) is 0 Å². The molecule has 2 rings (SSSR count). The Morgan fingerprint density at radius 3 is 2.85 bits per heavy atom. The molecule has 1 aliphatic rings. The molecule has 1 N–H and O–H groups in total. The van der Waals surface area contributed by atoms with Crippen molar-refractivity contribution in [1.82, 2.24) is 4.98 Å². The van der Waals surface area contributed by atoms with Gasteiger partial charge in [0.05, 0.1) is 0 Å². The monoisotopic (exact) mass is 283 g/mol. The van der Waals surface area contributed by atoms with Crippen LogP contribution in [0.25, 0.3) is 0 Å². The fourth-order valence-electron chi connectivity index (χ4n) is 2.52. The highest BCUT2D eigenvalue weighted by atomic mass is 19.1. The van der Waals surface area contributed by atoms with Crippen molar-refractivity contribution in [3.8, 4) is 0 Å². The first-order valence-corrected chi connectivity index (χ1v) is 7.46. The van der Waals surface area contributed by atoms with Crippen molar-refractivity contribution in [2.24, 2.45) is 5.92 Å². The fraction of sp³-hybridized carbons (Fsp3) is 0.667. The Kier molecular flexibility index (Phi) is 5.15. The molecule has 0 spiro atoms. The topological polar surface area (TPSA) is 28.2 Å². The van der Waals surface area contributed by atoms with Crippen molar-refractivity contribution in [2.45, 2.75) is 39.5 Å². The van der Waals surface area contributed by atoms with Gasteiger partial charge in [-0.15, -0.1) is 0 Å². The Balaban J connectivity index is 2.21. The zero-order valence-corrected chi connectivity index (χ0v) is 12.3. The average Bonchev–Trinajstić information content (AvgIpc) is 2.63. The summed E-state index contributed by atoms with van der Waals surface area (Å²) in [5.74, 6) is -0.108. The lowest BCUT2D eigenvalue weighted by Crippen LogP contribution is -2.27. The summed E-state index contributed by atoms with van der Waals surface area (Å²) in [6, 6.07) is 0.939. The molecule has 0 aromatic carbocycles. The highest BCUT2D eigenvalue weighted by molar-refractivity contribution is 5.49. The zero-order chi connectivity index (χ0) is 14.5. The van der Waals surface area contributed by atoms with Gasteiger partial charge in [-0.2, -0.15) is 0 Å². The van der Waals surface area contributed by atoms with Crippen LogP contribution in [0.5, 0.6) is 0 Å². The molecule has 0 radical (unpaired) electrons. The third-order valence-electron chi connectivity index (χ3n) is 3.77. The van der Waals surface area contributed by atoms with Gasteiger partial charge in [0, 0.05) is 25.7 Å². The van der Waals surface area contributed by atoms with Crippen LogP contribution in [0.15, 0.2) is 6.07 Å². The fourth-order valence-corrected chi connectivity index (χ4v) is 2.52. The molecular weight excluding hydrogens is 260 g/mol. The van der Waals surface area contributed by atoms with Crippen molar-refractivity contribution in [3.63, 3.8) is 0 Å². The summed E-state index contributed by atoms with van der Waals surface area (Å²) < 4.78 is 27.7. The van der Waals surface area contributed by atoms with Crippen LogP contribution in [0.1, 0.15) is 39.5 Å². The van der Waals surface area contributed by atoms with Gasteiger partial charge in [0.2, 0.25) is 0 Å². The van der Waals surface area contributed by atoms with Gasteiger partial charge in [0.25, 0.3) is 0 Å². The largest absolute Gasteiger partial charge is 0.368 e. The number of hydrogen-bond acceptors (Lipinski definition) is 3. The van der Waals surface area contributed by atoms with Crippen molar-refractivity contribution < 1.29 is 8.78 Å². The predicted octanol–water partition coefficient (Wildman–Crippen LogP) is 3.81. The number of pyridine rings is 1. The summed E-state index contributed by atoms with van der Waals surface area (Å²) in [5, 5.41) is 2.91. The molecule has 0 bridgehead atoms. The molecule has 5 heteroatoms. The molecule has 0 aliphatic carbocycles. The molecule has 1 unspecified atom stereocenters. The Hall–Kier alpha value is -1.39. The van der Waals surface area contributed by atoms with Crippen LogP contribution in [0, 0.1) is 17.6 Å². The van der Waals surface area contributed by atoms with Crippen LogP contribution in [0.3, 0.4) is 0 Å². The molecular formula is C15H23F2N3. The summed E-state index contributed by atoms with van der Waals surface area (Å²) in [4.78, 5) is 6.10. The van der Waals surface area contributed by atoms with E-state index in [1.54, 1.807) is 0 Å². The number of rotatable bonds is 4. The van der Waals surface area contributed by atoms with Gasteiger partial charge in [0.1, 0.15) is 0 Å². The summed E-state index contributed by atoms with van der Waals surface area (Å²) in [7, 11) is 0. The minimum absolute atomic E-state index is 0.153. The van der Waals surface area contributed by atoms with Gasteiger partial charge in [-0.1, -0.05) is 13.8 Å². The number of hydrogen-bond donors (Lipinski definition) is 1. The molecule has 1 aliphatic heterocycles.